The van der Waals surface area contributed by atoms with E-state index in [4.69, 9.17) is 9.15 Å². The molecule has 2 aliphatic heterocycles. The van der Waals surface area contributed by atoms with Gasteiger partial charge in [-0.1, -0.05) is 0 Å². The summed E-state index contributed by atoms with van der Waals surface area (Å²) >= 11 is 0. The van der Waals surface area contributed by atoms with Gasteiger partial charge >= 0.3 is 5.97 Å². The predicted molar refractivity (Wildman–Crippen MR) is 57.7 cm³/mol. The number of amides is 1. The van der Waals surface area contributed by atoms with Crippen molar-refractivity contribution in [2.45, 2.75) is 18.6 Å². The van der Waals surface area contributed by atoms with Crippen LogP contribution in [0.25, 0.3) is 6.08 Å². The number of nitrogens with zero attached hydrogens (tertiary/aromatic N) is 1. The maximum Gasteiger partial charge on any atom is 0.329 e. The van der Waals surface area contributed by atoms with Gasteiger partial charge in [-0.05, 0) is 18.2 Å². The SMILES string of the molecule is O=C1O[C@@H]2C[C@H]1N(C(=O)/C=C/c1ccco1)C2. The molecule has 0 saturated carbocycles. The first-order valence-electron chi connectivity index (χ1n) is 5.47. The summed E-state index contributed by atoms with van der Waals surface area (Å²) in [6.45, 7) is 0.498. The van der Waals surface area contributed by atoms with E-state index in [1.165, 1.54) is 6.08 Å². The van der Waals surface area contributed by atoms with E-state index < -0.39 is 6.04 Å². The first kappa shape index (κ1) is 10.1. The molecule has 5 nitrogen and oxygen atoms in total. The third-order valence-corrected chi connectivity index (χ3v) is 3.03. The Morgan fingerprint density at radius 1 is 1.53 bits per heavy atom. The van der Waals surface area contributed by atoms with Gasteiger partial charge in [-0.25, -0.2) is 4.79 Å². The number of rotatable bonds is 2. The molecule has 2 saturated heterocycles. The normalized spacial score (nSPS) is 26.8. The minimum atomic E-state index is -0.395. The Bertz CT molecular complexity index is 477. The smallest absolute Gasteiger partial charge is 0.329 e. The molecular formula is C12H11NO4. The molecule has 3 heterocycles. The van der Waals surface area contributed by atoms with E-state index in [0.29, 0.717) is 18.7 Å². The van der Waals surface area contributed by atoms with Crippen molar-refractivity contribution < 1.29 is 18.7 Å². The van der Waals surface area contributed by atoms with Crippen LogP contribution in [0.3, 0.4) is 0 Å². The molecule has 0 N–H and O–H groups in total. The lowest BCUT2D eigenvalue weighted by Crippen LogP contribution is -2.43. The lowest BCUT2D eigenvalue weighted by molar-refractivity contribution is -0.155. The van der Waals surface area contributed by atoms with E-state index in [1.807, 2.05) is 0 Å². The summed E-state index contributed by atoms with van der Waals surface area (Å²) in [5.41, 5.74) is 0. The number of fused-ring (bicyclic) bond motifs is 2. The van der Waals surface area contributed by atoms with Gasteiger partial charge in [0, 0.05) is 12.5 Å². The standard InChI is InChI=1S/C12H11NO4/c14-11(4-3-8-2-1-5-16-8)13-7-9-6-10(13)12(15)17-9/h1-5,9-10H,6-7H2/b4-3+/t9-,10-/m1/s1. The Morgan fingerprint density at radius 3 is 3.06 bits per heavy atom. The van der Waals surface area contributed by atoms with Gasteiger partial charge in [0.15, 0.2) is 0 Å². The second-order valence-corrected chi connectivity index (χ2v) is 4.15. The molecular weight excluding hydrogens is 222 g/mol. The Hall–Kier alpha value is -2.04. The lowest BCUT2D eigenvalue weighted by Gasteiger charge is -2.24. The number of furan rings is 1. The monoisotopic (exact) mass is 233 g/mol. The van der Waals surface area contributed by atoms with Gasteiger partial charge in [-0.3, -0.25) is 4.79 Å². The van der Waals surface area contributed by atoms with E-state index in [0.717, 1.165) is 0 Å². The van der Waals surface area contributed by atoms with Crippen LogP contribution >= 0.6 is 0 Å². The molecule has 2 fully saturated rings. The van der Waals surface area contributed by atoms with Crippen molar-refractivity contribution in [3.63, 3.8) is 0 Å². The first-order valence-corrected chi connectivity index (χ1v) is 5.47. The first-order chi connectivity index (χ1) is 8.24. The molecule has 1 amide bonds. The fraction of sp³-hybridized carbons (Fsp3) is 0.333. The molecule has 88 valence electrons. The van der Waals surface area contributed by atoms with Crippen LogP contribution in [-0.2, 0) is 14.3 Å². The average molecular weight is 233 g/mol. The van der Waals surface area contributed by atoms with E-state index in [-0.39, 0.29) is 18.0 Å². The molecule has 0 aromatic carbocycles. The topological polar surface area (TPSA) is 59.8 Å². The van der Waals surface area contributed by atoms with Crippen LogP contribution in [0.5, 0.6) is 0 Å². The van der Waals surface area contributed by atoms with Crippen LogP contribution in [0, 0.1) is 0 Å². The zero-order valence-electron chi connectivity index (χ0n) is 9.04. The molecule has 2 atom stereocenters. The molecule has 1 aromatic rings. The molecule has 1 aromatic heterocycles. The van der Waals surface area contributed by atoms with Crippen molar-refractivity contribution in [2.75, 3.05) is 6.54 Å². The summed E-state index contributed by atoms with van der Waals surface area (Å²) in [6, 6.07) is 3.11. The van der Waals surface area contributed by atoms with Crippen LogP contribution in [0.2, 0.25) is 0 Å². The van der Waals surface area contributed by atoms with Gasteiger partial charge in [-0.2, -0.15) is 0 Å². The maximum atomic E-state index is 11.9. The van der Waals surface area contributed by atoms with Crippen LogP contribution in [-0.4, -0.2) is 35.5 Å². The molecule has 0 aliphatic carbocycles. The second-order valence-electron chi connectivity index (χ2n) is 4.15. The van der Waals surface area contributed by atoms with Crippen molar-refractivity contribution in [1.29, 1.82) is 0 Å². The van der Waals surface area contributed by atoms with Crippen molar-refractivity contribution in [3.05, 3.63) is 30.2 Å². The molecule has 3 rings (SSSR count). The van der Waals surface area contributed by atoms with Crippen LogP contribution in [0.4, 0.5) is 0 Å². The van der Waals surface area contributed by atoms with Gasteiger partial charge in [0.2, 0.25) is 5.91 Å². The predicted octanol–water partition coefficient (Wildman–Crippen LogP) is 0.819. The summed E-state index contributed by atoms with van der Waals surface area (Å²) in [5.74, 6) is 0.150. The maximum absolute atomic E-state index is 11.9. The number of esters is 1. The highest BCUT2D eigenvalue weighted by molar-refractivity contribution is 5.95. The summed E-state index contributed by atoms with van der Waals surface area (Å²) in [4.78, 5) is 24.7. The van der Waals surface area contributed by atoms with Gasteiger partial charge in [-0.15, -0.1) is 0 Å². The third kappa shape index (κ3) is 1.73. The highest BCUT2D eigenvalue weighted by Gasteiger charge is 2.47. The van der Waals surface area contributed by atoms with Crippen molar-refractivity contribution in [1.82, 2.24) is 4.90 Å². The third-order valence-electron chi connectivity index (χ3n) is 3.03. The number of ether oxygens (including phenoxy) is 1. The fourth-order valence-corrected chi connectivity index (χ4v) is 2.23. The lowest BCUT2D eigenvalue weighted by atomic mass is 10.2. The van der Waals surface area contributed by atoms with Crippen molar-refractivity contribution in [3.8, 4) is 0 Å². The van der Waals surface area contributed by atoms with Crippen molar-refractivity contribution >= 4 is 18.0 Å². The number of carbonyl (C=O) groups is 2. The molecule has 0 spiro atoms. The zero-order chi connectivity index (χ0) is 11.8. The van der Waals surface area contributed by atoms with Gasteiger partial charge < -0.3 is 14.1 Å². The largest absolute Gasteiger partial charge is 0.465 e. The highest BCUT2D eigenvalue weighted by atomic mass is 16.6. The Labute approximate surface area is 97.6 Å². The molecule has 2 bridgehead atoms. The number of hydrogen-bond acceptors (Lipinski definition) is 4. The van der Waals surface area contributed by atoms with Crippen LogP contribution < -0.4 is 0 Å². The Kier molecular flexibility index (Phi) is 2.24. The van der Waals surface area contributed by atoms with Gasteiger partial charge in [0.1, 0.15) is 17.9 Å². The van der Waals surface area contributed by atoms with E-state index in [2.05, 4.69) is 0 Å². The van der Waals surface area contributed by atoms with Crippen molar-refractivity contribution in [2.24, 2.45) is 0 Å². The fourth-order valence-electron chi connectivity index (χ4n) is 2.23. The minimum Gasteiger partial charge on any atom is -0.465 e. The number of hydrogen-bond donors (Lipinski definition) is 0. The van der Waals surface area contributed by atoms with Crippen LogP contribution in [0.15, 0.2) is 28.9 Å². The zero-order valence-corrected chi connectivity index (χ0v) is 9.04. The molecule has 0 unspecified atom stereocenters. The molecule has 17 heavy (non-hydrogen) atoms. The molecule has 5 heteroatoms. The number of likely N-dealkylation sites (tertiary alicyclic amines) is 1. The van der Waals surface area contributed by atoms with Crippen LogP contribution in [0.1, 0.15) is 12.2 Å². The summed E-state index contributed by atoms with van der Waals surface area (Å²) in [7, 11) is 0. The summed E-state index contributed by atoms with van der Waals surface area (Å²) in [5, 5.41) is 0. The Balaban J connectivity index is 1.70. The summed E-state index contributed by atoms with van der Waals surface area (Å²) < 4.78 is 10.1. The second kappa shape index (κ2) is 3.76. The number of morpholine rings is 1. The molecule has 0 radical (unpaired) electrons. The number of carbonyl (C=O) groups excluding carboxylic acids is 2. The van der Waals surface area contributed by atoms with Gasteiger partial charge in [0.25, 0.3) is 0 Å². The van der Waals surface area contributed by atoms with Gasteiger partial charge in [0.05, 0.1) is 12.8 Å². The average Bonchev–Trinajstić information content (AvgIpc) is 3.00. The summed E-state index contributed by atoms with van der Waals surface area (Å²) in [6.07, 6.45) is 5.07. The van der Waals surface area contributed by atoms with E-state index in [1.54, 1.807) is 29.4 Å². The molecule has 2 aliphatic rings. The van der Waals surface area contributed by atoms with E-state index >= 15 is 0 Å². The highest BCUT2D eigenvalue weighted by Crippen LogP contribution is 2.29. The Morgan fingerprint density at radius 2 is 2.41 bits per heavy atom. The minimum absolute atomic E-state index is 0.117. The quantitative estimate of drug-likeness (QED) is 0.560. The van der Waals surface area contributed by atoms with E-state index in [9.17, 15) is 9.59 Å².